The van der Waals surface area contributed by atoms with Gasteiger partial charge in [-0.1, -0.05) is 41.0 Å². The fourth-order valence-electron chi connectivity index (χ4n) is 11.3. The van der Waals surface area contributed by atoms with Gasteiger partial charge in [-0.05, 0) is 111 Å². The normalized spacial score (nSPS) is 51.8. The molecule has 7 aliphatic rings. The van der Waals surface area contributed by atoms with Crippen LogP contribution in [0.2, 0.25) is 0 Å². The van der Waals surface area contributed by atoms with Crippen LogP contribution in [0.5, 0.6) is 0 Å². The van der Waals surface area contributed by atoms with E-state index in [1.165, 1.54) is 0 Å². The van der Waals surface area contributed by atoms with Crippen molar-refractivity contribution < 1.29 is 34.4 Å². The van der Waals surface area contributed by atoms with E-state index in [1.54, 1.807) is 0 Å². The standard InChI is InChI=1S/C32H50O7/c1-6-28(4,18(2)3)16-24-26-23-10-9-22-20-8-7-19-15-30(36,17-25(33)34)14-13-29(19,5)21(20)11-12-31(22,23)32(37,38-24)39-27(26)35/h18-24,26,36-37H,6-17H2,1-5H3,(H,33,34)/p-1/t19-,20+,21-,22-,23+,24+,26-,28+,29-,30+,31+,32?/m0/s1. The molecule has 3 saturated heterocycles. The van der Waals surface area contributed by atoms with E-state index in [0.717, 1.165) is 57.8 Å². The van der Waals surface area contributed by atoms with Crippen molar-refractivity contribution in [3.05, 3.63) is 0 Å². The Bertz CT molecular complexity index is 1030. The Morgan fingerprint density at radius 2 is 1.79 bits per heavy atom. The summed E-state index contributed by atoms with van der Waals surface area (Å²) < 4.78 is 12.4. The van der Waals surface area contributed by atoms with Crippen LogP contribution in [0.15, 0.2) is 0 Å². The molecule has 39 heavy (non-hydrogen) atoms. The summed E-state index contributed by atoms with van der Waals surface area (Å²) >= 11 is 0. The third-order valence-corrected chi connectivity index (χ3v) is 14.0. The highest BCUT2D eigenvalue weighted by molar-refractivity contribution is 5.76. The number of fused-ring (bicyclic) bond motifs is 6. The summed E-state index contributed by atoms with van der Waals surface area (Å²) in [5.41, 5.74) is -1.65. The average Bonchev–Trinajstić information content (AvgIpc) is 3.26. The Labute approximate surface area is 233 Å². The van der Waals surface area contributed by atoms with Crippen LogP contribution in [0, 0.1) is 57.7 Å². The van der Waals surface area contributed by atoms with Crippen LogP contribution in [0.25, 0.3) is 0 Å². The van der Waals surface area contributed by atoms with Crippen LogP contribution in [0.4, 0.5) is 0 Å². The van der Waals surface area contributed by atoms with Crippen LogP contribution < -0.4 is 5.11 Å². The van der Waals surface area contributed by atoms with Gasteiger partial charge in [-0.3, -0.25) is 4.79 Å². The van der Waals surface area contributed by atoms with E-state index in [0.29, 0.717) is 30.6 Å². The first-order chi connectivity index (χ1) is 18.2. The van der Waals surface area contributed by atoms with Crippen molar-refractivity contribution >= 4 is 11.9 Å². The number of ether oxygens (including phenoxy) is 2. The summed E-state index contributed by atoms with van der Waals surface area (Å²) in [5.74, 6) is -1.69. The lowest BCUT2D eigenvalue weighted by Crippen LogP contribution is -2.74. The highest BCUT2D eigenvalue weighted by Crippen LogP contribution is 2.75. The Kier molecular flexibility index (Phi) is 6.39. The lowest BCUT2D eigenvalue weighted by molar-refractivity contribution is -0.481. The maximum Gasteiger partial charge on any atom is 0.333 e. The van der Waals surface area contributed by atoms with Gasteiger partial charge in [0.25, 0.3) is 0 Å². The van der Waals surface area contributed by atoms with E-state index in [4.69, 9.17) is 9.47 Å². The molecule has 0 amide bonds. The van der Waals surface area contributed by atoms with Crippen LogP contribution in [-0.4, -0.2) is 39.8 Å². The summed E-state index contributed by atoms with van der Waals surface area (Å²) in [6.07, 6.45) is 8.60. The molecule has 3 heterocycles. The highest BCUT2D eigenvalue weighted by Gasteiger charge is 2.79. The second kappa shape index (κ2) is 8.91. The number of hydrogen-bond donors (Lipinski definition) is 2. The largest absolute Gasteiger partial charge is 0.550 e. The molecule has 7 rings (SSSR count). The van der Waals surface area contributed by atoms with E-state index in [1.807, 2.05) is 0 Å². The van der Waals surface area contributed by atoms with Crippen LogP contribution in [-0.2, 0) is 19.1 Å². The molecule has 7 heteroatoms. The van der Waals surface area contributed by atoms with Crippen molar-refractivity contribution in [2.75, 3.05) is 0 Å². The quantitative estimate of drug-likeness (QED) is 0.481. The van der Waals surface area contributed by atoms with Gasteiger partial charge < -0.3 is 29.6 Å². The molecule has 4 aliphatic carbocycles. The van der Waals surface area contributed by atoms with Gasteiger partial charge in [0.2, 0.25) is 0 Å². The second-order valence-electron chi connectivity index (χ2n) is 15.4. The van der Waals surface area contributed by atoms with E-state index in [-0.39, 0.29) is 53.0 Å². The lowest BCUT2D eigenvalue weighted by Gasteiger charge is -2.67. The molecule has 2 N–H and O–H groups in total. The molecule has 2 bridgehead atoms. The minimum Gasteiger partial charge on any atom is -0.550 e. The Balaban J connectivity index is 1.27. The monoisotopic (exact) mass is 545 g/mol. The fourth-order valence-corrected chi connectivity index (χ4v) is 11.3. The summed E-state index contributed by atoms with van der Waals surface area (Å²) in [7, 11) is 0. The van der Waals surface area contributed by atoms with Gasteiger partial charge in [0.1, 0.15) is 0 Å². The smallest absolute Gasteiger partial charge is 0.333 e. The first-order valence-corrected chi connectivity index (χ1v) is 15.8. The van der Waals surface area contributed by atoms with Crippen molar-refractivity contribution in [3.8, 4) is 0 Å². The molecular formula is C32H49O7-. The molecule has 3 aliphatic heterocycles. The Morgan fingerprint density at radius 3 is 2.46 bits per heavy atom. The van der Waals surface area contributed by atoms with Gasteiger partial charge in [0.15, 0.2) is 0 Å². The number of hydrogen-bond acceptors (Lipinski definition) is 7. The number of aliphatic carboxylic acids is 1. The molecule has 7 nitrogen and oxygen atoms in total. The van der Waals surface area contributed by atoms with Crippen molar-refractivity contribution in [1.82, 2.24) is 0 Å². The van der Waals surface area contributed by atoms with Crippen molar-refractivity contribution in [2.45, 2.75) is 129 Å². The van der Waals surface area contributed by atoms with Gasteiger partial charge in [-0.25, -0.2) is 0 Å². The third kappa shape index (κ3) is 3.77. The third-order valence-electron chi connectivity index (χ3n) is 14.0. The van der Waals surface area contributed by atoms with E-state index >= 15 is 0 Å². The number of esters is 1. The maximum absolute atomic E-state index is 13.4. The van der Waals surface area contributed by atoms with E-state index < -0.39 is 23.0 Å². The van der Waals surface area contributed by atoms with Crippen molar-refractivity contribution in [1.29, 1.82) is 0 Å². The molecule has 0 radical (unpaired) electrons. The predicted octanol–water partition coefficient (Wildman–Crippen LogP) is 4.18. The number of carboxylic acid groups (broad SMARTS) is 1. The molecular weight excluding hydrogens is 496 g/mol. The van der Waals surface area contributed by atoms with E-state index in [9.17, 15) is 24.9 Å². The van der Waals surface area contributed by atoms with Gasteiger partial charge >= 0.3 is 11.9 Å². The molecule has 1 unspecified atom stereocenters. The molecule has 1 spiro atoms. The van der Waals surface area contributed by atoms with Crippen molar-refractivity contribution in [2.24, 2.45) is 57.7 Å². The van der Waals surface area contributed by atoms with E-state index in [2.05, 4.69) is 34.6 Å². The first kappa shape index (κ1) is 28.0. The maximum atomic E-state index is 13.4. The van der Waals surface area contributed by atoms with Crippen LogP contribution in [0.3, 0.4) is 0 Å². The van der Waals surface area contributed by atoms with Gasteiger partial charge in [0.05, 0.1) is 23.0 Å². The molecule has 220 valence electrons. The average molecular weight is 546 g/mol. The zero-order valence-corrected chi connectivity index (χ0v) is 24.5. The zero-order valence-electron chi connectivity index (χ0n) is 24.5. The summed E-state index contributed by atoms with van der Waals surface area (Å²) in [6, 6.07) is 0. The Hall–Kier alpha value is -1.18. The van der Waals surface area contributed by atoms with Crippen molar-refractivity contribution in [3.63, 3.8) is 0 Å². The molecule has 0 aromatic carbocycles. The SMILES string of the molecule is CC[C@](C)(C[C@H]1OC2(O)OC(=O)[C@H]1[C@H]1CC[C@H]3[C@@H]4CC[C@H]5C[C@@](O)(CC(=O)[O-])CC[C@]5(C)[C@H]4CC[C@]132)C(C)C. The lowest BCUT2D eigenvalue weighted by atomic mass is 9.42. The molecule has 12 atom stereocenters. The second-order valence-corrected chi connectivity index (χ2v) is 15.4. The summed E-state index contributed by atoms with van der Waals surface area (Å²) in [6.45, 7) is 11.3. The molecule has 0 aromatic heterocycles. The minimum atomic E-state index is -1.86. The van der Waals surface area contributed by atoms with Gasteiger partial charge in [-0.15, -0.1) is 0 Å². The molecule has 4 saturated carbocycles. The summed E-state index contributed by atoms with van der Waals surface area (Å²) in [5, 5.41) is 34.6. The number of aliphatic hydroxyl groups is 2. The number of carbonyl (C=O) groups excluding carboxylic acids is 2. The van der Waals surface area contributed by atoms with Gasteiger partial charge in [0, 0.05) is 12.4 Å². The highest BCUT2D eigenvalue weighted by atomic mass is 16.8. The minimum absolute atomic E-state index is 0.0220. The molecule has 0 aromatic rings. The first-order valence-electron chi connectivity index (χ1n) is 15.8. The zero-order chi connectivity index (χ0) is 28.2. The summed E-state index contributed by atoms with van der Waals surface area (Å²) in [4.78, 5) is 24.7. The number of carbonyl (C=O) groups is 2. The predicted molar refractivity (Wildman–Crippen MR) is 141 cm³/mol. The van der Waals surface area contributed by atoms with Crippen LogP contribution >= 0.6 is 0 Å². The van der Waals surface area contributed by atoms with Crippen LogP contribution in [0.1, 0.15) is 112 Å². The topological polar surface area (TPSA) is 116 Å². The fraction of sp³-hybridized carbons (Fsp3) is 0.938. The number of rotatable bonds is 6. The number of carboxylic acids is 1. The molecule has 7 fully saturated rings. The van der Waals surface area contributed by atoms with Gasteiger partial charge in [-0.2, -0.15) is 0 Å². The Morgan fingerprint density at radius 1 is 1.08 bits per heavy atom.